The first-order valence-corrected chi connectivity index (χ1v) is 12.4. The summed E-state index contributed by atoms with van der Waals surface area (Å²) in [4.78, 5) is 14.7. The summed E-state index contributed by atoms with van der Waals surface area (Å²) in [6.07, 6.45) is 0.860. The molecular weight excluding hydrogens is 444 g/mol. The van der Waals surface area contributed by atoms with Crippen molar-refractivity contribution in [2.75, 3.05) is 9.21 Å². The summed E-state index contributed by atoms with van der Waals surface area (Å²) >= 11 is 6.01. The predicted octanol–water partition coefficient (Wildman–Crippen LogP) is 5.81. The first-order chi connectivity index (χ1) is 15.3. The molecule has 2 atom stereocenters. The summed E-state index contributed by atoms with van der Waals surface area (Å²) in [5, 5.41) is 0.473. The van der Waals surface area contributed by atoms with Gasteiger partial charge in [-0.05, 0) is 61.4 Å². The Morgan fingerprint density at radius 1 is 1.00 bits per heavy atom. The van der Waals surface area contributed by atoms with Gasteiger partial charge in [0, 0.05) is 23.2 Å². The minimum absolute atomic E-state index is 0.0234. The van der Waals surface area contributed by atoms with Crippen molar-refractivity contribution in [3.8, 4) is 0 Å². The van der Waals surface area contributed by atoms with Crippen LogP contribution in [0, 0.1) is 0 Å². The largest absolute Gasteiger partial charge is 0.309 e. The topological polar surface area (TPSA) is 57.7 Å². The van der Waals surface area contributed by atoms with Crippen molar-refractivity contribution in [1.82, 2.24) is 0 Å². The normalized spacial score (nSPS) is 18.2. The molecule has 3 aromatic carbocycles. The molecule has 0 aromatic heterocycles. The SMILES string of the molecule is CCC(=O)N1c2ccccc2[C@@H](N(c2ccccc2)S(=O)(=O)c2ccc(Cl)cc2)C[C@@H]1C. The molecule has 0 radical (unpaired) electrons. The van der Waals surface area contributed by atoms with Crippen molar-refractivity contribution < 1.29 is 13.2 Å². The van der Waals surface area contributed by atoms with Crippen LogP contribution >= 0.6 is 11.6 Å². The lowest BCUT2D eigenvalue weighted by molar-refractivity contribution is -0.118. The molecule has 3 aromatic rings. The van der Waals surface area contributed by atoms with Crippen LogP contribution in [0.3, 0.4) is 0 Å². The number of anilines is 2. The molecule has 0 N–H and O–H groups in total. The predicted molar refractivity (Wildman–Crippen MR) is 129 cm³/mol. The van der Waals surface area contributed by atoms with Crippen molar-refractivity contribution in [3.05, 3.63) is 89.4 Å². The summed E-state index contributed by atoms with van der Waals surface area (Å²) in [6, 6.07) is 22.3. The van der Waals surface area contributed by atoms with Gasteiger partial charge in [0.15, 0.2) is 0 Å². The minimum atomic E-state index is -3.91. The molecule has 4 rings (SSSR count). The number of halogens is 1. The fourth-order valence-electron chi connectivity index (χ4n) is 4.34. The second-order valence-electron chi connectivity index (χ2n) is 7.87. The maximum atomic E-state index is 13.9. The highest BCUT2D eigenvalue weighted by Gasteiger charge is 2.40. The molecule has 0 saturated carbocycles. The third kappa shape index (κ3) is 4.00. The molecule has 1 heterocycles. The first-order valence-electron chi connectivity index (χ1n) is 10.6. The molecule has 5 nitrogen and oxygen atoms in total. The summed E-state index contributed by atoms with van der Waals surface area (Å²) in [5.41, 5.74) is 2.15. The number of nitrogens with zero attached hydrogens (tertiary/aromatic N) is 2. The first kappa shape index (κ1) is 22.4. The second-order valence-corrected chi connectivity index (χ2v) is 10.1. The van der Waals surface area contributed by atoms with E-state index in [1.54, 1.807) is 29.2 Å². The molecular formula is C25H25ClN2O3S. The van der Waals surface area contributed by atoms with Gasteiger partial charge in [-0.15, -0.1) is 0 Å². The Kier molecular flexibility index (Phi) is 6.26. The van der Waals surface area contributed by atoms with Gasteiger partial charge in [0.2, 0.25) is 5.91 Å². The van der Waals surface area contributed by atoms with Crippen LogP contribution in [-0.4, -0.2) is 20.4 Å². The molecule has 0 saturated heterocycles. The molecule has 1 aliphatic rings. The number of carbonyl (C=O) groups is 1. The van der Waals surface area contributed by atoms with E-state index in [0.29, 0.717) is 23.6 Å². The van der Waals surface area contributed by atoms with Crippen LogP contribution in [0.2, 0.25) is 5.02 Å². The number of sulfonamides is 1. The van der Waals surface area contributed by atoms with Gasteiger partial charge in [-0.1, -0.05) is 54.9 Å². The molecule has 0 unspecified atom stereocenters. The Balaban J connectivity index is 1.91. The van der Waals surface area contributed by atoms with Crippen LogP contribution < -0.4 is 9.21 Å². The number of rotatable bonds is 5. The van der Waals surface area contributed by atoms with Crippen LogP contribution in [-0.2, 0) is 14.8 Å². The number of hydrogen-bond donors (Lipinski definition) is 0. The van der Waals surface area contributed by atoms with Gasteiger partial charge in [0.05, 0.1) is 16.6 Å². The maximum absolute atomic E-state index is 13.9. The molecule has 1 aliphatic heterocycles. The Morgan fingerprint density at radius 3 is 2.28 bits per heavy atom. The number of benzene rings is 3. The van der Waals surface area contributed by atoms with Crippen molar-refractivity contribution in [3.63, 3.8) is 0 Å². The van der Waals surface area contributed by atoms with E-state index in [1.165, 1.54) is 16.4 Å². The van der Waals surface area contributed by atoms with Crippen molar-refractivity contribution in [2.45, 2.75) is 43.7 Å². The highest BCUT2D eigenvalue weighted by atomic mass is 35.5. The minimum Gasteiger partial charge on any atom is -0.309 e. The summed E-state index contributed by atoms with van der Waals surface area (Å²) < 4.78 is 29.4. The molecule has 166 valence electrons. The highest BCUT2D eigenvalue weighted by Crippen LogP contribution is 2.44. The van der Waals surface area contributed by atoms with E-state index in [-0.39, 0.29) is 16.8 Å². The second kappa shape index (κ2) is 8.96. The molecule has 32 heavy (non-hydrogen) atoms. The van der Waals surface area contributed by atoms with Gasteiger partial charge < -0.3 is 4.90 Å². The van der Waals surface area contributed by atoms with E-state index in [2.05, 4.69) is 0 Å². The van der Waals surface area contributed by atoms with E-state index in [4.69, 9.17) is 11.6 Å². The van der Waals surface area contributed by atoms with Crippen LogP contribution in [0.1, 0.15) is 38.3 Å². The van der Waals surface area contributed by atoms with Crippen LogP contribution in [0.25, 0.3) is 0 Å². The molecule has 0 fully saturated rings. The Labute approximate surface area is 194 Å². The number of fused-ring (bicyclic) bond motifs is 1. The van der Waals surface area contributed by atoms with Crippen molar-refractivity contribution in [2.24, 2.45) is 0 Å². The molecule has 7 heteroatoms. The number of para-hydroxylation sites is 2. The highest BCUT2D eigenvalue weighted by molar-refractivity contribution is 7.92. The van der Waals surface area contributed by atoms with Crippen LogP contribution in [0.4, 0.5) is 11.4 Å². The third-order valence-electron chi connectivity index (χ3n) is 5.80. The fraction of sp³-hybridized carbons (Fsp3) is 0.240. The molecule has 0 aliphatic carbocycles. The zero-order chi connectivity index (χ0) is 22.9. The lowest BCUT2D eigenvalue weighted by atomic mass is 9.91. The standard InChI is InChI=1S/C25H25ClN2O3S/c1-3-25(29)27-18(2)17-24(22-11-7-8-12-23(22)27)28(20-9-5-4-6-10-20)32(30,31)21-15-13-19(26)14-16-21/h4-16,18,24H,3,17H2,1-2H3/t18-,24-/m0/s1. The molecule has 1 amide bonds. The van der Waals surface area contributed by atoms with Gasteiger partial charge >= 0.3 is 0 Å². The average Bonchev–Trinajstić information content (AvgIpc) is 2.79. The smallest absolute Gasteiger partial charge is 0.264 e. The van der Waals surface area contributed by atoms with Crippen molar-refractivity contribution >= 4 is 38.9 Å². The van der Waals surface area contributed by atoms with Gasteiger partial charge in [0.25, 0.3) is 10.0 Å². The average molecular weight is 469 g/mol. The quantitative estimate of drug-likeness (QED) is 0.474. The molecule has 0 spiro atoms. The summed E-state index contributed by atoms with van der Waals surface area (Å²) in [6.45, 7) is 3.81. The monoisotopic (exact) mass is 468 g/mol. The van der Waals surface area contributed by atoms with E-state index in [1.807, 2.05) is 56.3 Å². The molecule has 0 bridgehead atoms. The van der Waals surface area contributed by atoms with Gasteiger partial charge in [-0.3, -0.25) is 9.10 Å². The van der Waals surface area contributed by atoms with Gasteiger partial charge in [-0.25, -0.2) is 8.42 Å². The van der Waals surface area contributed by atoms with Gasteiger partial charge in [-0.2, -0.15) is 0 Å². The fourth-order valence-corrected chi connectivity index (χ4v) is 6.10. The van der Waals surface area contributed by atoms with Crippen LogP contribution in [0.15, 0.2) is 83.8 Å². The van der Waals surface area contributed by atoms with Crippen molar-refractivity contribution in [1.29, 1.82) is 0 Å². The third-order valence-corrected chi connectivity index (χ3v) is 7.90. The summed E-state index contributed by atoms with van der Waals surface area (Å²) in [5.74, 6) is 0.0234. The number of amides is 1. The van der Waals surface area contributed by atoms with Crippen LogP contribution in [0.5, 0.6) is 0 Å². The van der Waals surface area contributed by atoms with E-state index < -0.39 is 16.1 Å². The Hall–Kier alpha value is -2.83. The van der Waals surface area contributed by atoms with E-state index >= 15 is 0 Å². The number of carbonyl (C=O) groups excluding carboxylic acids is 1. The Morgan fingerprint density at radius 2 is 1.62 bits per heavy atom. The lowest BCUT2D eigenvalue weighted by Gasteiger charge is -2.43. The van der Waals surface area contributed by atoms with E-state index in [0.717, 1.165) is 11.3 Å². The van der Waals surface area contributed by atoms with Gasteiger partial charge in [0.1, 0.15) is 0 Å². The number of hydrogen-bond acceptors (Lipinski definition) is 3. The lowest BCUT2D eigenvalue weighted by Crippen LogP contribution is -2.47. The zero-order valence-corrected chi connectivity index (χ0v) is 19.6. The summed E-state index contributed by atoms with van der Waals surface area (Å²) in [7, 11) is -3.91. The van der Waals surface area contributed by atoms with E-state index in [9.17, 15) is 13.2 Å². The maximum Gasteiger partial charge on any atom is 0.264 e. The Bertz CT molecular complexity index is 1210. The zero-order valence-electron chi connectivity index (χ0n) is 18.0.